The molecule has 0 aliphatic carbocycles. The second-order valence-corrected chi connectivity index (χ2v) is 7.93. The minimum atomic E-state index is -0.447. The quantitative estimate of drug-likeness (QED) is 0.383. The molecule has 3 aromatic carbocycles. The lowest BCUT2D eigenvalue weighted by Crippen LogP contribution is -2.22. The number of hydrogen-bond donors (Lipinski definition) is 0. The number of para-hydroxylation sites is 1. The van der Waals surface area contributed by atoms with E-state index in [1.165, 1.54) is 16.8 Å². The Hall–Kier alpha value is -4.06. The van der Waals surface area contributed by atoms with E-state index in [4.69, 9.17) is 4.98 Å². The number of hydrogen-bond acceptors (Lipinski definition) is 3. The summed E-state index contributed by atoms with van der Waals surface area (Å²) in [4.78, 5) is 18.4. The molecule has 0 atom stereocenters. The van der Waals surface area contributed by atoms with E-state index in [0.717, 1.165) is 11.3 Å². The molecular weight excluding hydrogens is 403 g/mol. The lowest BCUT2D eigenvalue weighted by molar-refractivity contribution is 0.629. The van der Waals surface area contributed by atoms with Crippen LogP contribution in [0.15, 0.2) is 89.9 Å². The standard InChI is InChI=1S/C26H21FN4O/c1-17(2)18-12-14-19(15-13-18)30-24(21-10-6-7-11-23(21)27)29-25-22(26(30)32)16-28-31(25)20-8-4-3-5-9-20/h3-17H,1-2H3. The van der Waals surface area contributed by atoms with Gasteiger partial charge in [0.15, 0.2) is 11.5 Å². The molecule has 2 aromatic heterocycles. The number of fused-ring (bicyclic) bond motifs is 1. The summed E-state index contributed by atoms with van der Waals surface area (Å²) in [6.07, 6.45) is 1.52. The second kappa shape index (κ2) is 7.89. The Morgan fingerprint density at radius 2 is 1.53 bits per heavy atom. The Bertz CT molecular complexity index is 1470. The van der Waals surface area contributed by atoms with Crippen molar-refractivity contribution in [2.45, 2.75) is 19.8 Å². The zero-order valence-corrected chi connectivity index (χ0v) is 17.7. The van der Waals surface area contributed by atoms with Gasteiger partial charge in [0.2, 0.25) is 0 Å². The van der Waals surface area contributed by atoms with E-state index in [1.54, 1.807) is 22.9 Å². The highest BCUT2D eigenvalue weighted by Gasteiger charge is 2.20. The van der Waals surface area contributed by atoms with Crippen molar-refractivity contribution < 1.29 is 4.39 Å². The van der Waals surface area contributed by atoms with Gasteiger partial charge in [0.25, 0.3) is 5.56 Å². The van der Waals surface area contributed by atoms with Crippen molar-refractivity contribution in [3.05, 3.63) is 107 Å². The summed E-state index contributed by atoms with van der Waals surface area (Å²) in [5.41, 5.74) is 2.88. The van der Waals surface area contributed by atoms with Crippen LogP contribution in [0, 0.1) is 5.82 Å². The molecule has 0 radical (unpaired) electrons. The van der Waals surface area contributed by atoms with Crippen LogP contribution in [0.25, 0.3) is 33.8 Å². The molecule has 5 nitrogen and oxygen atoms in total. The van der Waals surface area contributed by atoms with Gasteiger partial charge in [-0.15, -0.1) is 0 Å². The van der Waals surface area contributed by atoms with Crippen LogP contribution in [0.3, 0.4) is 0 Å². The van der Waals surface area contributed by atoms with E-state index < -0.39 is 5.82 Å². The molecule has 0 aliphatic heterocycles. The summed E-state index contributed by atoms with van der Waals surface area (Å²) in [5.74, 6) is 0.143. The summed E-state index contributed by atoms with van der Waals surface area (Å²) in [7, 11) is 0. The highest BCUT2D eigenvalue weighted by Crippen LogP contribution is 2.26. The molecule has 0 fully saturated rings. The van der Waals surface area contributed by atoms with Gasteiger partial charge in [0.05, 0.1) is 23.1 Å². The Balaban J connectivity index is 1.83. The lowest BCUT2D eigenvalue weighted by Gasteiger charge is -2.15. The molecule has 0 bridgehead atoms. The molecule has 5 aromatic rings. The van der Waals surface area contributed by atoms with Crippen molar-refractivity contribution in [2.75, 3.05) is 0 Å². The molecule has 0 amide bonds. The molecule has 0 saturated carbocycles. The van der Waals surface area contributed by atoms with Crippen LogP contribution >= 0.6 is 0 Å². The highest BCUT2D eigenvalue weighted by molar-refractivity contribution is 5.79. The van der Waals surface area contributed by atoms with Gasteiger partial charge in [-0.05, 0) is 47.9 Å². The van der Waals surface area contributed by atoms with Crippen LogP contribution < -0.4 is 5.56 Å². The number of benzene rings is 3. The first-order chi connectivity index (χ1) is 15.5. The average molecular weight is 424 g/mol. The summed E-state index contributed by atoms with van der Waals surface area (Å²) in [6, 6.07) is 23.5. The van der Waals surface area contributed by atoms with Crippen LogP contribution in [0.2, 0.25) is 0 Å². The molecule has 6 heteroatoms. The van der Waals surface area contributed by atoms with Crippen LogP contribution in [0.5, 0.6) is 0 Å². The Labute approximate surface area is 184 Å². The number of aromatic nitrogens is 4. The van der Waals surface area contributed by atoms with Gasteiger partial charge < -0.3 is 0 Å². The van der Waals surface area contributed by atoms with E-state index in [2.05, 4.69) is 18.9 Å². The molecule has 0 N–H and O–H groups in total. The first-order valence-corrected chi connectivity index (χ1v) is 10.5. The maximum absolute atomic E-state index is 14.8. The van der Waals surface area contributed by atoms with Crippen molar-refractivity contribution >= 4 is 11.0 Å². The third kappa shape index (κ3) is 3.30. The van der Waals surface area contributed by atoms with Gasteiger partial charge in [-0.2, -0.15) is 5.10 Å². The van der Waals surface area contributed by atoms with E-state index >= 15 is 0 Å². The van der Waals surface area contributed by atoms with Crippen molar-refractivity contribution in [1.82, 2.24) is 19.3 Å². The number of halogens is 1. The third-order valence-electron chi connectivity index (χ3n) is 5.53. The molecule has 5 rings (SSSR count). The largest absolute Gasteiger partial charge is 0.269 e. The summed E-state index contributed by atoms with van der Waals surface area (Å²) in [5, 5.41) is 4.77. The van der Waals surface area contributed by atoms with Crippen LogP contribution in [0.4, 0.5) is 4.39 Å². The van der Waals surface area contributed by atoms with Crippen molar-refractivity contribution in [2.24, 2.45) is 0 Å². The number of rotatable bonds is 4. The smallest absolute Gasteiger partial charge is 0.268 e. The first-order valence-electron chi connectivity index (χ1n) is 10.5. The SMILES string of the molecule is CC(C)c1ccc(-n2c(-c3ccccc3F)nc3c(cnn3-c3ccccc3)c2=O)cc1. The van der Waals surface area contributed by atoms with Crippen LogP contribution in [-0.4, -0.2) is 19.3 Å². The van der Waals surface area contributed by atoms with E-state index in [1.807, 2.05) is 54.6 Å². The van der Waals surface area contributed by atoms with Gasteiger partial charge in [-0.25, -0.2) is 14.1 Å². The molecule has 0 unspecified atom stereocenters. The van der Waals surface area contributed by atoms with Crippen molar-refractivity contribution in [3.63, 3.8) is 0 Å². The second-order valence-electron chi connectivity index (χ2n) is 7.93. The summed E-state index contributed by atoms with van der Waals surface area (Å²) in [6.45, 7) is 4.22. The maximum Gasteiger partial charge on any atom is 0.269 e. The van der Waals surface area contributed by atoms with Gasteiger partial charge in [-0.1, -0.05) is 56.3 Å². The molecule has 0 saturated heterocycles. The zero-order chi connectivity index (χ0) is 22.2. The molecule has 158 valence electrons. The van der Waals surface area contributed by atoms with Gasteiger partial charge >= 0.3 is 0 Å². The van der Waals surface area contributed by atoms with E-state index in [9.17, 15) is 9.18 Å². The molecule has 0 aliphatic rings. The topological polar surface area (TPSA) is 52.7 Å². The van der Waals surface area contributed by atoms with Crippen LogP contribution in [0.1, 0.15) is 25.3 Å². The highest BCUT2D eigenvalue weighted by atomic mass is 19.1. The summed E-state index contributed by atoms with van der Waals surface area (Å²) >= 11 is 0. The Morgan fingerprint density at radius 3 is 2.22 bits per heavy atom. The lowest BCUT2D eigenvalue weighted by atomic mass is 10.0. The van der Waals surface area contributed by atoms with E-state index in [-0.39, 0.29) is 16.9 Å². The predicted octanol–water partition coefficient (Wildman–Crippen LogP) is 5.50. The number of nitrogens with zero attached hydrogens (tertiary/aromatic N) is 4. The van der Waals surface area contributed by atoms with Crippen molar-refractivity contribution in [3.8, 4) is 22.8 Å². The minimum absolute atomic E-state index is 0.232. The fraction of sp³-hybridized carbons (Fsp3) is 0.115. The zero-order valence-electron chi connectivity index (χ0n) is 17.7. The summed E-state index contributed by atoms with van der Waals surface area (Å²) < 4.78 is 17.9. The van der Waals surface area contributed by atoms with E-state index in [0.29, 0.717) is 22.6 Å². The molecule has 2 heterocycles. The maximum atomic E-state index is 14.8. The molecular formula is C26H21FN4O. The minimum Gasteiger partial charge on any atom is -0.268 e. The monoisotopic (exact) mass is 424 g/mol. The first kappa shape index (κ1) is 19.9. The van der Waals surface area contributed by atoms with Crippen molar-refractivity contribution in [1.29, 1.82) is 0 Å². The normalized spacial score (nSPS) is 11.4. The third-order valence-corrected chi connectivity index (χ3v) is 5.53. The molecule has 32 heavy (non-hydrogen) atoms. The fourth-order valence-electron chi connectivity index (χ4n) is 3.80. The Morgan fingerprint density at radius 1 is 0.844 bits per heavy atom. The average Bonchev–Trinajstić information content (AvgIpc) is 3.24. The van der Waals surface area contributed by atoms with Gasteiger partial charge in [0.1, 0.15) is 11.2 Å². The molecule has 0 spiro atoms. The Kier molecular flexibility index (Phi) is 4.90. The predicted molar refractivity (Wildman–Crippen MR) is 124 cm³/mol. The van der Waals surface area contributed by atoms with Gasteiger partial charge in [-0.3, -0.25) is 9.36 Å². The van der Waals surface area contributed by atoms with Gasteiger partial charge in [0, 0.05) is 0 Å². The van der Waals surface area contributed by atoms with Crippen LogP contribution in [-0.2, 0) is 0 Å². The fourth-order valence-corrected chi connectivity index (χ4v) is 3.80.